The zero-order chi connectivity index (χ0) is 12.8. The first kappa shape index (κ1) is 12.7. The summed E-state index contributed by atoms with van der Waals surface area (Å²) in [6, 6.07) is 18.5. The number of rotatable bonds is 5. The zero-order valence-corrected chi connectivity index (χ0v) is 10.7. The van der Waals surface area contributed by atoms with Crippen LogP contribution in [0.2, 0.25) is 0 Å². The van der Waals surface area contributed by atoms with Gasteiger partial charge in [-0.15, -0.1) is 0 Å². The van der Waals surface area contributed by atoms with E-state index in [1.54, 1.807) is 0 Å². The van der Waals surface area contributed by atoms with Crippen molar-refractivity contribution in [2.45, 2.75) is 26.0 Å². The summed E-state index contributed by atoms with van der Waals surface area (Å²) in [6.07, 6.45) is 0.902. The predicted molar refractivity (Wildman–Crippen MR) is 74.6 cm³/mol. The molecule has 0 unspecified atom stereocenters. The molecule has 0 saturated carbocycles. The molecule has 0 bridgehead atoms. The number of hydrogen-bond acceptors (Lipinski definition) is 2. The highest BCUT2D eigenvalue weighted by Crippen LogP contribution is 2.15. The van der Waals surface area contributed by atoms with Crippen molar-refractivity contribution in [2.75, 3.05) is 0 Å². The fourth-order valence-electron chi connectivity index (χ4n) is 1.83. The zero-order valence-electron chi connectivity index (χ0n) is 10.7. The van der Waals surface area contributed by atoms with Crippen LogP contribution in [0.5, 0.6) is 5.75 Å². The maximum absolute atomic E-state index is 5.77. The van der Waals surface area contributed by atoms with Crippen LogP contribution < -0.4 is 10.5 Å². The first-order valence-electron chi connectivity index (χ1n) is 6.25. The minimum atomic E-state index is 0.195. The summed E-state index contributed by atoms with van der Waals surface area (Å²) in [4.78, 5) is 0. The summed E-state index contributed by atoms with van der Waals surface area (Å²) in [5, 5.41) is 0. The molecule has 0 radical (unpaired) electrons. The maximum Gasteiger partial charge on any atom is 0.119 e. The molecule has 2 aromatic rings. The van der Waals surface area contributed by atoms with Gasteiger partial charge in [0.15, 0.2) is 0 Å². The van der Waals surface area contributed by atoms with Crippen molar-refractivity contribution >= 4 is 0 Å². The van der Waals surface area contributed by atoms with Gasteiger partial charge >= 0.3 is 0 Å². The van der Waals surface area contributed by atoms with E-state index < -0.39 is 0 Å². The van der Waals surface area contributed by atoms with Gasteiger partial charge in [-0.3, -0.25) is 0 Å². The van der Waals surface area contributed by atoms with Crippen LogP contribution in [0, 0.1) is 0 Å². The molecule has 0 saturated heterocycles. The third kappa shape index (κ3) is 3.90. The Hall–Kier alpha value is -1.80. The first-order chi connectivity index (χ1) is 8.74. The highest BCUT2D eigenvalue weighted by molar-refractivity contribution is 5.28. The molecule has 18 heavy (non-hydrogen) atoms. The van der Waals surface area contributed by atoms with Crippen LogP contribution in [0.3, 0.4) is 0 Å². The number of ether oxygens (including phenoxy) is 1. The Bertz CT molecular complexity index is 462. The van der Waals surface area contributed by atoms with E-state index in [1.807, 2.05) is 37.3 Å². The Morgan fingerprint density at radius 3 is 2.22 bits per heavy atom. The van der Waals surface area contributed by atoms with Crippen LogP contribution in [0.25, 0.3) is 0 Å². The maximum atomic E-state index is 5.77. The second kappa shape index (κ2) is 6.22. The van der Waals surface area contributed by atoms with E-state index in [0.29, 0.717) is 6.61 Å². The molecule has 0 aromatic heterocycles. The largest absolute Gasteiger partial charge is 0.489 e. The molecular formula is C16H19NO. The number of hydrogen-bond donors (Lipinski definition) is 1. The van der Waals surface area contributed by atoms with Gasteiger partial charge in [0, 0.05) is 6.04 Å². The molecule has 0 aliphatic carbocycles. The minimum Gasteiger partial charge on any atom is -0.489 e. The lowest BCUT2D eigenvalue weighted by Crippen LogP contribution is -2.17. The molecule has 94 valence electrons. The van der Waals surface area contributed by atoms with E-state index in [2.05, 4.69) is 24.3 Å². The normalized spacial score (nSPS) is 12.1. The number of nitrogens with two attached hydrogens (primary N) is 1. The summed E-state index contributed by atoms with van der Waals surface area (Å²) in [6.45, 7) is 2.62. The first-order valence-corrected chi connectivity index (χ1v) is 6.25. The van der Waals surface area contributed by atoms with E-state index in [9.17, 15) is 0 Å². The molecule has 0 heterocycles. The Morgan fingerprint density at radius 1 is 0.944 bits per heavy atom. The van der Waals surface area contributed by atoms with Crippen molar-refractivity contribution in [1.82, 2.24) is 0 Å². The quantitative estimate of drug-likeness (QED) is 0.872. The van der Waals surface area contributed by atoms with E-state index in [1.165, 1.54) is 11.1 Å². The predicted octanol–water partition coefficient (Wildman–Crippen LogP) is 3.16. The van der Waals surface area contributed by atoms with Crippen molar-refractivity contribution in [2.24, 2.45) is 5.73 Å². The molecule has 0 spiro atoms. The van der Waals surface area contributed by atoms with Gasteiger partial charge in [-0.2, -0.15) is 0 Å². The van der Waals surface area contributed by atoms with Crippen molar-refractivity contribution in [3.8, 4) is 5.75 Å². The average Bonchev–Trinajstić information content (AvgIpc) is 2.38. The van der Waals surface area contributed by atoms with Crippen molar-refractivity contribution in [1.29, 1.82) is 0 Å². The molecule has 0 fully saturated rings. The monoisotopic (exact) mass is 241 g/mol. The lowest BCUT2D eigenvalue weighted by molar-refractivity contribution is 0.306. The molecule has 0 amide bonds. The molecule has 2 heteroatoms. The highest BCUT2D eigenvalue weighted by atomic mass is 16.5. The smallest absolute Gasteiger partial charge is 0.119 e. The summed E-state index contributed by atoms with van der Waals surface area (Å²) < 4.78 is 5.72. The van der Waals surface area contributed by atoms with Crippen LogP contribution in [0.4, 0.5) is 0 Å². The SMILES string of the molecule is C[C@H](N)Cc1ccc(OCc2ccccc2)cc1. The fraction of sp³-hybridized carbons (Fsp3) is 0.250. The van der Waals surface area contributed by atoms with E-state index in [4.69, 9.17) is 10.5 Å². The minimum absolute atomic E-state index is 0.195. The second-order valence-corrected chi connectivity index (χ2v) is 4.60. The molecular weight excluding hydrogens is 222 g/mol. The summed E-state index contributed by atoms with van der Waals surface area (Å²) >= 11 is 0. The Labute approximate surface area is 108 Å². The lowest BCUT2D eigenvalue weighted by Gasteiger charge is -2.08. The second-order valence-electron chi connectivity index (χ2n) is 4.60. The van der Waals surface area contributed by atoms with Crippen LogP contribution in [0.1, 0.15) is 18.1 Å². The lowest BCUT2D eigenvalue weighted by atomic mass is 10.1. The van der Waals surface area contributed by atoms with Crippen molar-refractivity contribution < 1.29 is 4.74 Å². The topological polar surface area (TPSA) is 35.2 Å². The Kier molecular flexibility index (Phi) is 4.37. The van der Waals surface area contributed by atoms with Gasteiger partial charge in [0.2, 0.25) is 0 Å². The molecule has 1 atom stereocenters. The third-order valence-electron chi connectivity index (χ3n) is 2.73. The molecule has 2 aromatic carbocycles. The van der Waals surface area contributed by atoms with Gasteiger partial charge in [-0.25, -0.2) is 0 Å². The highest BCUT2D eigenvalue weighted by Gasteiger charge is 1.99. The van der Waals surface area contributed by atoms with Gasteiger partial charge in [0.05, 0.1) is 0 Å². The third-order valence-corrected chi connectivity index (χ3v) is 2.73. The van der Waals surface area contributed by atoms with Crippen molar-refractivity contribution in [3.05, 3.63) is 65.7 Å². The van der Waals surface area contributed by atoms with Gasteiger partial charge in [-0.1, -0.05) is 42.5 Å². The number of benzene rings is 2. The summed E-state index contributed by atoms with van der Waals surface area (Å²) in [5.74, 6) is 0.896. The summed E-state index contributed by atoms with van der Waals surface area (Å²) in [5.41, 5.74) is 8.19. The van der Waals surface area contributed by atoms with Crippen LogP contribution >= 0.6 is 0 Å². The molecule has 2 nitrogen and oxygen atoms in total. The van der Waals surface area contributed by atoms with E-state index in [-0.39, 0.29) is 6.04 Å². The van der Waals surface area contributed by atoms with Crippen LogP contribution in [-0.4, -0.2) is 6.04 Å². The van der Waals surface area contributed by atoms with Gasteiger partial charge in [-0.05, 0) is 36.6 Å². The van der Waals surface area contributed by atoms with Crippen LogP contribution in [-0.2, 0) is 13.0 Å². The van der Waals surface area contributed by atoms with Gasteiger partial charge in [0.25, 0.3) is 0 Å². The molecule has 0 aliphatic heterocycles. The Morgan fingerprint density at radius 2 is 1.61 bits per heavy atom. The van der Waals surface area contributed by atoms with Gasteiger partial charge in [0.1, 0.15) is 12.4 Å². The van der Waals surface area contributed by atoms with E-state index in [0.717, 1.165) is 12.2 Å². The fourth-order valence-corrected chi connectivity index (χ4v) is 1.83. The molecule has 0 aliphatic rings. The summed E-state index contributed by atoms with van der Waals surface area (Å²) in [7, 11) is 0. The Balaban J connectivity index is 1.90. The van der Waals surface area contributed by atoms with Crippen molar-refractivity contribution in [3.63, 3.8) is 0 Å². The molecule has 2 N–H and O–H groups in total. The van der Waals surface area contributed by atoms with Gasteiger partial charge < -0.3 is 10.5 Å². The van der Waals surface area contributed by atoms with Crippen LogP contribution in [0.15, 0.2) is 54.6 Å². The standard InChI is InChI=1S/C16H19NO/c1-13(17)11-14-7-9-16(10-8-14)18-12-15-5-3-2-4-6-15/h2-10,13H,11-12,17H2,1H3/t13-/m0/s1. The molecule has 2 rings (SSSR count). The van der Waals surface area contributed by atoms with E-state index >= 15 is 0 Å². The average molecular weight is 241 g/mol.